The fourth-order valence-corrected chi connectivity index (χ4v) is 3.41. The normalized spacial score (nSPS) is 11.9. The van der Waals surface area contributed by atoms with Crippen LogP contribution in [0.25, 0.3) is 0 Å². The maximum absolute atomic E-state index is 12.3. The van der Waals surface area contributed by atoms with Crippen molar-refractivity contribution in [3.63, 3.8) is 0 Å². The van der Waals surface area contributed by atoms with Crippen LogP contribution in [0.1, 0.15) is 5.56 Å². The Bertz CT molecular complexity index is 867. The Morgan fingerprint density at radius 2 is 1.67 bits per heavy atom. The van der Waals surface area contributed by atoms with Gasteiger partial charge in [0.1, 0.15) is 5.75 Å². The van der Waals surface area contributed by atoms with E-state index in [1.165, 1.54) is 14.2 Å². The molecule has 10 heteroatoms. The lowest BCUT2D eigenvalue weighted by Crippen LogP contribution is -2.26. The van der Waals surface area contributed by atoms with Crippen LogP contribution in [0.2, 0.25) is 0 Å². The molecule has 0 bridgehead atoms. The molecule has 2 aromatic rings. The van der Waals surface area contributed by atoms with Crippen molar-refractivity contribution in [2.45, 2.75) is 17.7 Å². The van der Waals surface area contributed by atoms with Gasteiger partial charge >= 0.3 is 6.36 Å². The maximum atomic E-state index is 12.3. The summed E-state index contributed by atoms with van der Waals surface area (Å²) in [7, 11) is -0.906. The molecule has 0 saturated heterocycles. The minimum Gasteiger partial charge on any atom is -0.493 e. The number of halogens is 3. The lowest BCUT2D eigenvalue weighted by molar-refractivity contribution is -0.274. The molecule has 0 aliphatic carbocycles. The number of alkyl halides is 3. The second kappa shape index (κ2) is 8.49. The van der Waals surface area contributed by atoms with E-state index in [9.17, 15) is 21.6 Å². The zero-order valence-electron chi connectivity index (χ0n) is 14.5. The molecule has 148 valence electrons. The highest BCUT2D eigenvalue weighted by molar-refractivity contribution is 7.89. The number of hydrogen-bond donors (Lipinski definition) is 1. The van der Waals surface area contributed by atoms with Gasteiger partial charge in [0.05, 0.1) is 19.1 Å². The summed E-state index contributed by atoms with van der Waals surface area (Å²) in [5.41, 5.74) is 0.744. The van der Waals surface area contributed by atoms with Crippen molar-refractivity contribution in [2.75, 3.05) is 20.8 Å². The van der Waals surface area contributed by atoms with E-state index in [2.05, 4.69) is 9.46 Å². The molecule has 2 aromatic carbocycles. The first kappa shape index (κ1) is 20.8. The number of para-hydroxylation sites is 1. The van der Waals surface area contributed by atoms with Gasteiger partial charge in [-0.15, -0.1) is 13.2 Å². The molecule has 0 atom stereocenters. The average Bonchev–Trinajstić information content (AvgIpc) is 2.60. The van der Waals surface area contributed by atoms with Crippen molar-refractivity contribution in [1.29, 1.82) is 0 Å². The van der Waals surface area contributed by atoms with E-state index in [1.807, 2.05) is 0 Å². The topological polar surface area (TPSA) is 73.9 Å². The van der Waals surface area contributed by atoms with Crippen LogP contribution in [-0.2, 0) is 16.4 Å². The average molecular weight is 405 g/mol. The molecule has 27 heavy (non-hydrogen) atoms. The zero-order chi connectivity index (χ0) is 20.1. The number of methoxy groups -OCH3 is 2. The van der Waals surface area contributed by atoms with Crippen molar-refractivity contribution >= 4 is 10.0 Å². The Labute approximate surface area is 154 Å². The zero-order valence-corrected chi connectivity index (χ0v) is 15.4. The number of rotatable bonds is 8. The third kappa shape index (κ3) is 5.76. The molecule has 1 N–H and O–H groups in total. The standard InChI is InChI=1S/C17H18F3NO5S/c1-24-15-5-3-4-12(16(15)25-2)10-11-21-27(22,23)14-8-6-13(7-9-14)26-17(18,19)20/h3-9,21H,10-11H2,1-2H3. The van der Waals surface area contributed by atoms with Gasteiger partial charge in [0, 0.05) is 6.54 Å². The van der Waals surface area contributed by atoms with Crippen molar-refractivity contribution in [2.24, 2.45) is 0 Å². The fraction of sp³-hybridized carbons (Fsp3) is 0.294. The summed E-state index contributed by atoms with van der Waals surface area (Å²) in [5, 5.41) is 0. The van der Waals surface area contributed by atoms with E-state index >= 15 is 0 Å². The predicted octanol–water partition coefficient (Wildman–Crippen LogP) is 3.12. The Morgan fingerprint density at radius 1 is 1.00 bits per heavy atom. The van der Waals surface area contributed by atoms with E-state index in [-0.39, 0.29) is 11.4 Å². The SMILES string of the molecule is COc1cccc(CCNS(=O)(=O)c2ccc(OC(F)(F)F)cc2)c1OC. The monoisotopic (exact) mass is 405 g/mol. The molecule has 0 fully saturated rings. The van der Waals surface area contributed by atoms with Crippen LogP contribution < -0.4 is 18.9 Å². The number of ether oxygens (including phenoxy) is 3. The summed E-state index contributed by atoms with van der Waals surface area (Å²) < 4.78 is 77.5. The van der Waals surface area contributed by atoms with Crippen LogP contribution >= 0.6 is 0 Å². The Morgan fingerprint density at radius 3 is 2.22 bits per heavy atom. The molecule has 0 amide bonds. The number of hydrogen-bond acceptors (Lipinski definition) is 5. The van der Waals surface area contributed by atoms with E-state index in [0.717, 1.165) is 29.8 Å². The van der Waals surface area contributed by atoms with Gasteiger partial charge in [-0.05, 0) is 42.3 Å². The molecule has 2 rings (SSSR count). The summed E-state index contributed by atoms with van der Waals surface area (Å²) >= 11 is 0. The number of nitrogens with one attached hydrogen (secondary N) is 1. The molecule has 0 saturated carbocycles. The van der Waals surface area contributed by atoms with Crippen LogP contribution in [-0.4, -0.2) is 35.5 Å². The van der Waals surface area contributed by atoms with Gasteiger partial charge < -0.3 is 14.2 Å². The third-order valence-electron chi connectivity index (χ3n) is 3.54. The minimum atomic E-state index is -4.84. The summed E-state index contributed by atoms with van der Waals surface area (Å²) in [5.74, 6) is 0.536. The molecular formula is C17H18F3NO5S. The highest BCUT2D eigenvalue weighted by Crippen LogP contribution is 2.31. The van der Waals surface area contributed by atoms with Crippen molar-refractivity contribution < 1.29 is 35.8 Å². The Hall–Kier alpha value is -2.46. The Balaban J connectivity index is 2.03. The van der Waals surface area contributed by atoms with Crippen molar-refractivity contribution in [3.05, 3.63) is 48.0 Å². The van der Waals surface area contributed by atoms with Crippen LogP contribution in [0.5, 0.6) is 17.2 Å². The van der Waals surface area contributed by atoms with Gasteiger partial charge in [0.25, 0.3) is 0 Å². The molecule has 0 spiro atoms. The molecule has 6 nitrogen and oxygen atoms in total. The third-order valence-corrected chi connectivity index (χ3v) is 5.02. The van der Waals surface area contributed by atoms with E-state index in [1.54, 1.807) is 18.2 Å². The lowest BCUT2D eigenvalue weighted by atomic mass is 10.1. The molecule has 0 heterocycles. The molecule has 0 aromatic heterocycles. The highest BCUT2D eigenvalue weighted by Gasteiger charge is 2.31. The maximum Gasteiger partial charge on any atom is 0.573 e. The van der Waals surface area contributed by atoms with E-state index in [0.29, 0.717) is 17.9 Å². The van der Waals surface area contributed by atoms with Gasteiger partial charge in [-0.3, -0.25) is 0 Å². The number of sulfonamides is 1. The van der Waals surface area contributed by atoms with E-state index < -0.39 is 22.1 Å². The predicted molar refractivity (Wildman–Crippen MR) is 91.6 cm³/mol. The molecule has 0 radical (unpaired) electrons. The van der Waals surface area contributed by atoms with Crippen LogP contribution in [0.4, 0.5) is 13.2 Å². The van der Waals surface area contributed by atoms with Crippen molar-refractivity contribution in [3.8, 4) is 17.2 Å². The summed E-state index contributed by atoms with van der Waals surface area (Å²) in [6.07, 6.45) is -4.51. The molecular weight excluding hydrogens is 387 g/mol. The summed E-state index contributed by atoms with van der Waals surface area (Å²) in [6.45, 7) is 0.0622. The quantitative estimate of drug-likeness (QED) is 0.731. The first-order valence-corrected chi connectivity index (χ1v) is 9.20. The molecule has 0 aliphatic rings. The first-order chi connectivity index (χ1) is 12.7. The number of benzene rings is 2. The van der Waals surface area contributed by atoms with Gasteiger partial charge in [0.15, 0.2) is 11.5 Å². The van der Waals surface area contributed by atoms with Crippen molar-refractivity contribution in [1.82, 2.24) is 4.72 Å². The minimum absolute atomic E-state index is 0.0622. The first-order valence-electron chi connectivity index (χ1n) is 7.71. The second-order valence-electron chi connectivity index (χ2n) is 5.32. The fourth-order valence-electron chi connectivity index (χ4n) is 2.37. The van der Waals surface area contributed by atoms with Crippen LogP contribution in [0, 0.1) is 0 Å². The van der Waals surface area contributed by atoms with Gasteiger partial charge in [-0.25, -0.2) is 13.1 Å². The summed E-state index contributed by atoms with van der Waals surface area (Å²) in [4.78, 5) is -0.172. The smallest absolute Gasteiger partial charge is 0.493 e. The highest BCUT2D eigenvalue weighted by atomic mass is 32.2. The molecule has 0 unspecified atom stereocenters. The van der Waals surface area contributed by atoms with Gasteiger partial charge in [-0.2, -0.15) is 0 Å². The van der Waals surface area contributed by atoms with Gasteiger partial charge in [-0.1, -0.05) is 12.1 Å². The van der Waals surface area contributed by atoms with E-state index in [4.69, 9.17) is 9.47 Å². The molecule has 0 aliphatic heterocycles. The lowest BCUT2D eigenvalue weighted by Gasteiger charge is -2.13. The largest absolute Gasteiger partial charge is 0.573 e. The summed E-state index contributed by atoms with van der Waals surface area (Å²) in [6, 6.07) is 9.20. The second-order valence-corrected chi connectivity index (χ2v) is 7.09. The Kier molecular flexibility index (Phi) is 6.55. The van der Waals surface area contributed by atoms with Gasteiger partial charge in [0.2, 0.25) is 10.0 Å². The van der Waals surface area contributed by atoms with Crippen LogP contribution in [0.3, 0.4) is 0 Å². The van der Waals surface area contributed by atoms with Crippen LogP contribution in [0.15, 0.2) is 47.4 Å².